The first-order valence-corrected chi connectivity index (χ1v) is 11.4. The van der Waals surface area contributed by atoms with E-state index in [0.717, 1.165) is 5.39 Å². The zero-order chi connectivity index (χ0) is 26.3. The van der Waals surface area contributed by atoms with E-state index in [1.807, 2.05) is 0 Å². The number of hydrogen-bond acceptors (Lipinski definition) is 7. The number of aryl methyl sites for hydroxylation is 1. The fourth-order valence-corrected chi connectivity index (χ4v) is 4.60. The fraction of sp³-hybridized carbons (Fsp3) is 0.185. The molecule has 10 nitrogen and oxygen atoms in total. The number of carbonyl (C=O) groups is 3. The molecule has 3 amide bonds. The van der Waals surface area contributed by atoms with Crippen LogP contribution in [0.4, 0.5) is 4.79 Å². The number of pyridine rings is 1. The Bertz CT molecular complexity index is 1560. The lowest BCUT2D eigenvalue weighted by molar-refractivity contribution is -0.124. The molecule has 0 radical (unpaired) electrons. The van der Waals surface area contributed by atoms with E-state index in [2.05, 4.69) is 15.6 Å². The average molecular weight is 501 g/mol. The van der Waals surface area contributed by atoms with E-state index in [-0.39, 0.29) is 12.4 Å². The van der Waals surface area contributed by atoms with Gasteiger partial charge in [-0.05, 0) is 42.8 Å². The SMILES string of the molecule is COC(=O)c1cc(C)nc(-c2ccc([C@]3(Cn4cc5ccc(OC)cc5c4O)NC(=O)NC3=O)cc2)c1. The van der Waals surface area contributed by atoms with E-state index in [0.29, 0.717) is 39.2 Å². The lowest BCUT2D eigenvalue weighted by Crippen LogP contribution is -2.47. The highest BCUT2D eigenvalue weighted by Gasteiger charge is 2.48. The van der Waals surface area contributed by atoms with Gasteiger partial charge in [0.05, 0.1) is 32.0 Å². The molecule has 1 aliphatic rings. The van der Waals surface area contributed by atoms with Crippen molar-refractivity contribution in [1.29, 1.82) is 0 Å². The Kier molecular flexibility index (Phi) is 5.79. The minimum absolute atomic E-state index is 0.0536. The van der Waals surface area contributed by atoms with Crippen molar-refractivity contribution in [3.8, 4) is 22.9 Å². The summed E-state index contributed by atoms with van der Waals surface area (Å²) in [5, 5.41) is 17.3. The van der Waals surface area contributed by atoms with Crippen molar-refractivity contribution >= 4 is 28.7 Å². The maximum Gasteiger partial charge on any atom is 0.337 e. The maximum absolute atomic E-state index is 13.1. The number of carbonyl (C=O) groups excluding carboxylic acids is 3. The van der Waals surface area contributed by atoms with Gasteiger partial charge in [-0.2, -0.15) is 0 Å². The summed E-state index contributed by atoms with van der Waals surface area (Å²) in [5.74, 6) is -0.484. The van der Waals surface area contributed by atoms with Crippen molar-refractivity contribution in [2.45, 2.75) is 19.0 Å². The second-order valence-electron chi connectivity index (χ2n) is 8.80. The minimum Gasteiger partial charge on any atom is -0.497 e. The monoisotopic (exact) mass is 500 g/mol. The molecule has 37 heavy (non-hydrogen) atoms. The van der Waals surface area contributed by atoms with Crippen LogP contribution in [0.2, 0.25) is 0 Å². The van der Waals surface area contributed by atoms with Gasteiger partial charge in [0.1, 0.15) is 5.75 Å². The third kappa shape index (κ3) is 4.12. The van der Waals surface area contributed by atoms with Gasteiger partial charge < -0.3 is 24.5 Å². The van der Waals surface area contributed by atoms with Crippen LogP contribution < -0.4 is 15.4 Å². The molecule has 2 aromatic heterocycles. The number of urea groups is 1. The van der Waals surface area contributed by atoms with Gasteiger partial charge >= 0.3 is 12.0 Å². The summed E-state index contributed by atoms with van der Waals surface area (Å²) in [6.45, 7) is 1.72. The molecular weight excluding hydrogens is 476 g/mol. The molecule has 10 heteroatoms. The zero-order valence-electron chi connectivity index (χ0n) is 20.4. The van der Waals surface area contributed by atoms with Gasteiger partial charge in [0.15, 0.2) is 11.4 Å². The molecule has 4 aromatic rings. The molecule has 1 atom stereocenters. The number of imide groups is 1. The summed E-state index contributed by atoms with van der Waals surface area (Å²) in [7, 11) is 2.85. The highest BCUT2D eigenvalue weighted by molar-refractivity contribution is 6.07. The molecule has 1 saturated heterocycles. The molecule has 0 unspecified atom stereocenters. The summed E-state index contributed by atoms with van der Waals surface area (Å²) >= 11 is 0. The largest absolute Gasteiger partial charge is 0.497 e. The number of fused-ring (bicyclic) bond motifs is 1. The molecule has 2 aromatic carbocycles. The van der Waals surface area contributed by atoms with Gasteiger partial charge in [0, 0.05) is 28.2 Å². The summed E-state index contributed by atoms with van der Waals surface area (Å²) in [4.78, 5) is 41.9. The number of nitrogens with one attached hydrogen (secondary N) is 2. The first-order valence-electron chi connectivity index (χ1n) is 11.4. The van der Waals surface area contributed by atoms with Crippen molar-refractivity contribution < 1.29 is 29.0 Å². The van der Waals surface area contributed by atoms with Crippen LogP contribution in [0.1, 0.15) is 21.6 Å². The number of nitrogens with zero attached hydrogens (tertiary/aromatic N) is 2. The number of benzene rings is 2. The first-order chi connectivity index (χ1) is 17.7. The van der Waals surface area contributed by atoms with Crippen LogP contribution in [0, 0.1) is 6.92 Å². The molecule has 0 saturated carbocycles. The van der Waals surface area contributed by atoms with Crippen molar-refractivity contribution in [2.24, 2.45) is 0 Å². The van der Waals surface area contributed by atoms with E-state index in [1.165, 1.54) is 18.8 Å². The number of ether oxygens (including phenoxy) is 2. The molecule has 1 fully saturated rings. The van der Waals surface area contributed by atoms with Gasteiger partial charge in [-0.15, -0.1) is 0 Å². The highest BCUT2D eigenvalue weighted by Crippen LogP contribution is 2.35. The van der Waals surface area contributed by atoms with Crippen LogP contribution in [0.25, 0.3) is 22.0 Å². The normalized spacial score (nSPS) is 16.9. The number of methoxy groups -OCH3 is 2. The van der Waals surface area contributed by atoms with E-state index in [1.54, 1.807) is 67.7 Å². The van der Waals surface area contributed by atoms with Gasteiger partial charge in [0.25, 0.3) is 5.91 Å². The number of hydrogen-bond donors (Lipinski definition) is 3. The maximum atomic E-state index is 13.1. The lowest BCUT2D eigenvalue weighted by Gasteiger charge is -2.27. The van der Waals surface area contributed by atoms with Gasteiger partial charge in [-0.1, -0.05) is 24.3 Å². The van der Waals surface area contributed by atoms with Crippen molar-refractivity contribution in [2.75, 3.05) is 14.2 Å². The van der Waals surface area contributed by atoms with Crippen LogP contribution in [0.5, 0.6) is 11.6 Å². The van der Waals surface area contributed by atoms with E-state index >= 15 is 0 Å². The van der Waals surface area contributed by atoms with Crippen LogP contribution in [0.15, 0.2) is 60.8 Å². The van der Waals surface area contributed by atoms with Crippen molar-refractivity contribution in [1.82, 2.24) is 20.2 Å². The molecule has 5 rings (SSSR count). The van der Waals surface area contributed by atoms with Gasteiger partial charge in [-0.25, -0.2) is 9.59 Å². The van der Waals surface area contributed by atoms with Gasteiger partial charge in [-0.3, -0.25) is 15.1 Å². The van der Waals surface area contributed by atoms with E-state index in [4.69, 9.17) is 9.47 Å². The van der Waals surface area contributed by atoms with Crippen LogP contribution in [-0.4, -0.2) is 46.8 Å². The Hall–Kier alpha value is -4.86. The van der Waals surface area contributed by atoms with E-state index < -0.39 is 23.4 Å². The van der Waals surface area contributed by atoms with Crippen molar-refractivity contribution in [3.63, 3.8) is 0 Å². The van der Waals surface area contributed by atoms with Crippen LogP contribution in [0.3, 0.4) is 0 Å². The predicted molar refractivity (Wildman–Crippen MR) is 134 cm³/mol. The zero-order valence-corrected chi connectivity index (χ0v) is 20.4. The Morgan fingerprint density at radius 3 is 2.49 bits per heavy atom. The lowest BCUT2D eigenvalue weighted by atomic mass is 9.88. The number of aromatic hydroxyl groups is 1. The topological polar surface area (TPSA) is 132 Å². The highest BCUT2D eigenvalue weighted by atomic mass is 16.5. The Morgan fingerprint density at radius 2 is 1.84 bits per heavy atom. The quantitative estimate of drug-likeness (QED) is 0.274. The van der Waals surface area contributed by atoms with Crippen LogP contribution in [-0.2, 0) is 21.6 Å². The molecule has 0 aliphatic carbocycles. The van der Waals surface area contributed by atoms with Gasteiger partial charge in [0.2, 0.25) is 0 Å². The second-order valence-corrected chi connectivity index (χ2v) is 8.80. The number of esters is 1. The average Bonchev–Trinajstić information content (AvgIpc) is 3.37. The third-order valence-electron chi connectivity index (χ3n) is 6.47. The smallest absolute Gasteiger partial charge is 0.337 e. The molecule has 0 spiro atoms. The predicted octanol–water partition coefficient (Wildman–Crippen LogP) is 3.25. The standard InChI is InChI=1S/C27H24N4O6/c1-15-10-18(24(33)37-3)11-22(28-15)16-4-7-19(8-5-16)27(25(34)29-26(35)30-27)14-31-13-17-6-9-20(36-2)12-21(17)23(31)32/h4-13,32H,14H2,1-3H3,(H2,29,30,34,35)/t27-/m0/s1. The summed E-state index contributed by atoms with van der Waals surface area (Å²) in [5.41, 5.74) is 1.33. The molecule has 1 aliphatic heterocycles. The Balaban J connectivity index is 1.54. The Labute approximate surface area is 211 Å². The summed E-state index contributed by atoms with van der Waals surface area (Å²) in [6, 6.07) is 14.9. The second kappa shape index (κ2) is 8.98. The molecule has 188 valence electrons. The summed E-state index contributed by atoms with van der Waals surface area (Å²) < 4.78 is 11.6. The number of aromatic nitrogens is 2. The number of rotatable bonds is 6. The van der Waals surface area contributed by atoms with Crippen molar-refractivity contribution in [3.05, 3.63) is 77.6 Å². The Morgan fingerprint density at radius 1 is 1.08 bits per heavy atom. The molecule has 3 heterocycles. The first kappa shape index (κ1) is 23.9. The fourth-order valence-electron chi connectivity index (χ4n) is 4.60. The summed E-state index contributed by atoms with van der Waals surface area (Å²) in [6.07, 6.45) is 1.71. The third-order valence-corrected chi connectivity index (χ3v) is 6.47. The number of amides is 3. The molecule has 3 N–H and O–H groups in total. The minimum atomic E-state index is -1.47. The molecule has 0 bridgehead atoms. The van der Waals surface area contributed by atoms with E-state index in [9.17, 15) is 19.5 Å². The molecular formula is C27H24N4O6. The van der Waals surface area contributed by atoms with Crippen LogP contribution >= 0.6 is 0 Å².